The lowest BCUT2D eigenvalue weighted by Gasteiger charge is -2.11. The molecule has 0 fully saturated rings. The van der Waals surface area contributed by atoms with Crippen LogP contribution < -0.4 is 0 Å². The van der Waals surface area contributed by atoms with E-state index in [4.69, 9.17) is 0 Å². The predicted molar refractivity (Wildman–Crippen MR) is 174 cm³/mol. The Morgan fingerprint density at radius 2 is 0.952 bits per heavy atom. The molecule has 0 saturated heterocycles. The number of ketones is 1. The second-order valence-electron chi connectivity index (χ2n) is 11.1. The highest BCUT2D eigenvalue weighted by Gasteiger charge is 2.19. The molecule has 0 aliphatic rings. The van der Waals surface area contributed by atoms with Crippen molar-refractivity contribution in [1.29, 1.82) is 0 Å². The van der Waals surface area contributed by atoms with E-state index in [9.17, 15) is 4.79 Å². The minimum atomic E-state index is 0.0387. The summed E-state index contributed by atoms with van der Waals surface area (Å²) in [5.41, 5.74) is 9.25. The molecule has 1 N–H and O–H groups in total. The van der Waals surface area contributed by atoms with Gasteiger partial charge in [0.15, 0.2) is 5.78 Å². The van der Waals surface area contributed by atoms with Crippen LogP contribution in [0.5, 0.6) is 0 Å². The molecular formula is C38H25N3O. The summed E-state index contributed by atoms with van der Waals surface area (Å²) in [5, 5.41) is 7.00. The van der Waals surface area contributed by atoms with Gasteiger partial charge in [0.05, 0.1) is 27.6 Å². The highest BCUT2D eigenvalue weighted by atomic mass is 16.1. The Balaban J connectivity index is 1.37. The first-order valence-electron chi connectivity index (χ1n) is 14.2. The fraction of sp³-hybridized carbons (Fsp3) is 0.0263. The van der Waals surface area contributed by atoms with Crippen molar-refractivity contribution in [1.82, 2.24) is 14.1 Å². The molecule has 0 saturated carbocycles. The third-order valence-electron chi connectivity index (χ3n) is 8.73. The minimum absolute atomic E-state index is 0.0387. The van der Waals surface area contributed by atoms with Crippen molar-refractivity contribution in [2.45, 2.75) is 6.92 Å². The summed E-state index contributed by atoms with van der Waals surface area (Å²) in [6.07, 6.45) is 0. The number of fused-ring (bicyclic) bond motifs is 9. The summed E-state index contributed by atoms with van der Waals surface area (Å²) in [6.45, 7) is 1.65. The molecule has 9 rings (SSSR count). The SMILES string of the molecule is CC(=O)c1cc(-n2c3ccccc3c3ccccc32)cc2c1[nH]c1ccc(-n3c4ccccc4c4ccccc43)cc12. The fourth-order valence-electron chi connectivity index (χ4n) is 6.92. The zero-order valence-electron chi connectivity index (χ0n) is 22.9. The second kappa shape index (κ2) is 8.45. The first kappa shape index (κ1) is 23.1. The van der Waals surface area contributed by atoms with Gasteiger partial charge in [0.25, 0.3) is 0 Å². The smallest absolute Gasteiger partial charge is 0.161 e. The Hall–Kier alpha value is -5.61. The van der Waals surface area contributed by atoms with Crippen molar-refractivity contribution >= 4 is 71.2 Å². The molecule has 9 aromatic rings. The normalized spacial score (nSPS) is 12.0. The lowest BCUT2D eigenvalue weighted by Crippen LogP contribution is -1.99. The molecule has 0 spiro atoms. The average molecular weight is 540 g/mol. The summed E-state index contributed by atoms with van der Waals surface area (Å²) in [7, 11) is 0. The number of aromatic nitrogens is 3. The summed E-state index contributed by atoms with van der Waals surface area (Å²) in [6, 6.07) is 44.9. The molecule has 0 atom stereocenters. The standard InChI is InChI=1S/C38H25N3O/c1-23(42)30-21-25(41-36-16-8-4-12-28(36)29-13-5-9-17-37(29)41)22-32-31-20-24(18-19-33(31)39-38(30)32)40-34-14-6-2-10-26(34)27-11-3-7-15-35(27)40/h2-22,39H,1H3. The van der Waals surface area contributed by atoms with E-state index >= 15 is 0 Å². The maximum Gasteiger partial charge on any atom is 0.161 e. The average Bonchev–Trinajstić information content (AvgIpc) is 3.68. The molecule has 0 bridgehead atoms. The summed E-state index contributed by atoms with van der Waals surface area (Å²) in [4.78, 5) is 16.7. The summed E-state index contributed by atoms with van der Waals surface area (Å²) >= 11 is 0. The number of para-hydroxylation sites is 4. The van der Waals surface area contributed by atoms with E-state index in [2.05, 4.69) is 135 Å². The van der Waals surface area contributed by atoms with Crippen molar-refractivity contribution in [2.75, 3.05) is 0 Å². The van der Waals surface area contributed by atoms with Crippen molar-refractivity contribution < 1.29 is 4.79 Å². The third-order valence-corrected chi connectivity index (χ3v) is 8.73. The fourth-order valence-corrected chi connectivity index (χ4v) is 6.92. The van der Waals surface area contributed by atoms with Crippen LogP contribution in [0.2, 0.25) is 0 Å². The second-order valence-corrected chi connectivity index (χ2v) is 11.1. The molecular weight excluding hydrogens is 514 g/mol. The molecule has 0 radical (unpaired) electrons. The van der Waals surface area contributed by atoms with Gasteiger partial charge >= 0.3 is 0 Å². The predicted octanol–water partition coefficient (Wildman–Crippen LogP) is 9.72. The molecule has 6 aromatic carbocycles. The molecule has 3 aromatic heterocycles. The van der Waals surface area contributed by atoms with Gasteiger partial charge in [-0.25, -0.2) is 0 Å². The third kappa shape index (κ3) is 3.09. The number of H-pyrrole nitrogens is 1. The molecule has 0 amide bonds. The number of rotatable bonds is 3. The van der Waals surface area contributed by atoms with Crippen LogP contribution in [0.3, 0.4) is 0 Å². The number of nitrogens with zero attached hydrogens (tertiary/aromatic N) is 2. The number of aromatic amines is 1. The highest BCUT2D eigenvalue weighted by molar-refractivity contribution is 6.17. The molecule has 0 unspecified atom stereocenters. The van der Waals surface area contributed by atoms with Crippen LogP contribution in [-0.2, 0) is 0 Å². The number of benzene rings is 6. The topological polar surface area (TPSA) is 42.7 Å². The van der Waals surface area contributed by atoms with E-state index in [0.717, 1.165) is 44.2 Å². The number of carbonyl (C=O) groups excluding carboxylic acids is 1. The van der Waals surface area contributed by atoms with Crippen LogP contribution in [-0.4, -0.2) is 19.9 Å². The van der Waals surface area contributed by atoms with E-state index < -0.39 is 0 Å². The van der Waals surface area contributed by atoms with Gasteiger partial charge in [-0.15, -0.1) is 0 Å². The van der Waals surface area contributed by atoms with Gasteiger partial charge in [0, 0.05) is 54.8 Å². The molecule has 4 nitrogen and oxygen atoms in total. The Kier molecular flexibility index (Phi) is 4.65. The molecule has 42 heavy (non-hydrogen) atoms. The lowest BCUT2D eigenvalue weighted by atomic mass is 10.0. The van der Waals surface area contributed by atoms with Gasteiger partial charge in [0.1, 0.15) is 0 Å². The largest absolute Gasteiger partial charge is 0.354 e. The van der Waals surface area contributed by atoms with Gasteiger partial charge in [-0.1, -0.05) is 72.8 Å². The number of hydrogen-bond acceptors (Lipinski definition) is 1. The van der Waals surface area contributed by atoms with E-state index in [1.165, 1.54) is 32.6 Å². The first-order valence-corrected chi connectivity index (χ1v) is 14.2. The maximum absolute atomic E-state index is 13.1. The number of Topliss-reactive ketones (excluding diaryl/α,β-unsaturated/α-hetero) is 1. The number of hydrogen-bond donors (Lipinski definition) is 1. The first-order chi connectivity index (χ1) is 20.7. The molecule has 198 valence electrons. The maximum atomic E-state index is 13.1. The Morgan fingerprint density at radius 3 is 1.45 bits per heavy atom. The number of carbonyl (C=O) groups is 1. The molecule has 0 aliphatic carbocycles. The zero-order valence-corrected chi connectivity index (χ0v) is 22.9. The molecule has 0 aliphatic heterocycles. The van der Waals surface area contributed by atoms with Crippen LogP contribution in [0.4, 0.5) is 0 Å². The Morgan fingerprint density at radius 1 is 0.500 bits per heavy atom. The van der Waals surface area contributed by atoms with Gasteiger partial charge in [0.2, 0.25) is 0 Å². The van der Waals surface area contributed by atoms with Crippen LogP contribution in [0.25, 0.3) is 76.8 Å². The zero-order chi connectivity index (χ0) is 27.9. The highest BCUT2D eigenvalue weighted by Crippen LogP contribution is 2.38. The molecule has 4 heteroatoms. The number of nitrogens with one attached hydrogen (secondary N) is 1. The lowest BCUT2D eigenvalue weighted by molar-refractivity contribution is 0.101. The quantitative estimate of drug-likeness (QED) is 0.223. The Labute approximate surface area is 241 Å². The van der Waals surface area contributed by atoms with Crippen molar-refractivity contribution in [3.05, 3.63) is 133 Å². The molecule has 3 heterocycles. The van der Waals surface area contributed by atoms with Gasteiger partial charge < -0.3 is 14.1 Å². The van der Waals surface area contributed by atoms with Gasteiger partial charge in [-0.2, -0.15) is 0 Å². The van der Waals surface area contributed by atoms with Crippen LogP contribution >= 0.6 is 0 Å². The van der Waals surface area contributed by atoms with Crippen LogP contribution in [0.1, 0.15) is 17.3 Å². The van der Waals surface area contributed by atoms with Crippen LogP contribution in [0, 0.1) is 0 Å². The monoisotopic (exact) mass is 539 g/mol. The minimum Gasteiger partial charge on any atom is -0.354 e. The van der Waals surface area contributed by atoms with Crippen molar-refractivity contribution in [2.24, 2.45) is 0 Å². The van der Waals surface area contributed by atoms with Crippen molar-refractivity contribution in [3.8, 4) is 11.4 Å². The summed E-state index contributed by atoms with van der Waals surface area (Å²) < 4.78 is 4.62. The summed E-state index contributed by atoms with van der Waals surface area (Å²) in [5.74, 6) is 0.0387. The van der Waals surface area contributed by atoms with Crippen molar-refractivity contribution in [3.63, 3.8) is 0 Å². The van der Waals surface area contributed by atoms with E-state index in [1.807, 2.05) is 6.07 Å². The van der Waals surface area contributed by atoms with E-state index in [0.29, 0.717) is 5.56 Å². The van der Waals surface area contributed by atoms with Gasteiger partial charge in [-0.3, -0.25) is 4.79 Å². The van der Waals surface area contributed by atoms with E-state index in [-0.39, 0.29) is 5.78 Å². The Bertz CT molecular complexity index is 2450. The van der Waals surface area contributed by atoms with Crippen LogP contribution in [0.15, 0.2) is 127 Å². The van der Waals surface area contributed by atoms with Gasteiger partial charge in [-0.05, 0) is 61.5 Å². The van der Waals surface area contributed by atoms with E-state index in [1.54, 1.807) is 6.92 Å².